The van der Waals surface area contributed by atoms with E-state index in [0.29, 0.717) is 12.3 Å². The Morgan fingerprint density at radius 3 is 2.82 bits per heavy atom. The summed E-state index contributed by atoms with van der Waals surface area (Å²) in [7, 11) is 0. The fraction of sp³-hybridized carbons (Fsp3) is 0.667. The number of thiazole rings is 1. The SMILES string of the molecule is CCOC(=O)c1csc(NCC(C)(C)CC)n1. The lowest BCUT2D eigenvalue weighted by Gasteiger charge is -2.22. The molecule has 1 N–H and O–H groups in total. The standard InChI is InChI=1S/C12H20N2O2S/c1-5-12(3,4)8-13-11-14-9(7-17-11)10(15)16-6-2/h7H,5-6,8H2,1-4H3,(H,13,14). The Bertz CT molecular complexity index is 374. The molecule has 0 saturated carbocycles. The first-order chi connectivity index (χ1) is 7.98. The summed E-state index contributed by atoms with van der Waals surface area (Å²) in [4.78, 5) is 15.6. The molecule has 0 bridgehead atoms. The molecule has 0 aliphatic rings. The predicted molar refractivity (Wildman–Crippen MR) is 70.6 cm³/mol. The highest BCUT2D eigenvalue weighted by Gasteiger charge is 2.16. The number of nitrogens with zero attached hydrogens (tertiary/aromatic N) is 1. The highest BCUT2D eigenvalue weighted by Crippen LogP contribution is 2.22. The summed E-state index contributed by atoms with van der Waals surface area (Å²) in [6, 6.07) is 0. The van der Waals surface area contributed by atoms with Crippen molar-refractivity contribution in [2.24, 2.45) is 5.41 Å². The second-order valence-corrected chi connectivity index (χ2v) is 5.49. The number of carbonyl (C=O) groups excluding carboxylic acids is 1. The van der Waals surface area contributed by atoms with Crippen LogP contribution in [0, 0.1) is 5.41 Å². The molecule has 0 unspecified atom stereocenters. The molecule has 5 heteroatoms. The lowest BCUT2D eigenvalue weighted by Crippen LogP contribution is -2.22. The number of hydrogen-bond acceptors (Lipinski definition) is 5. The molecule has 0 amide bonds. The third-order valence-corrected chi connectivity index (χ3v) is 3.46. The van der Waals surface area contributed by atoms with Crippen molar-refractivity contribution in [1.82, 2.24) is 4.98 Å². The molecule has 17 heavy (non-hydrogen) atoms. The summed E-state index contributed by atoms with van der Waals surface area (Å²) in [6.07, 6.45) is 1.09. The van der Waals surface area contributed by atoms with Crippen molar-refractivity contribution in [2.75, 3.05) is 18.5 Å². The zero-order chi connectivity index (χ0) is 12.9. The largest absolute Gasteiger partial charge is 0.461 e. The molecule has 0 aliphatic heterocycles. The summed E-state index contributed by atoms with van der Waals surface area (Å²) >= 11 is 1.43. The van der Waals surface area contributed by atoms with E-state index in [4.69, 9.17) is 4.74 Å². The zero-order valence-corrected chi connectivity index (χ0v) is 11.7. The molecular formula is C12H20N2O2S. The molecule has 0 saturated heterocycles. The molecule has 0 atom stereocenters. The van der Waals surface area contributed by atoms with Gasteiger partial charge in [0.05, 0.1) is 6.61 Å². The van der Waals surface area contributed by atoms with Crippen LogP contribution >= 0.6 is 11.3 Å². The van der Waals surface area contributed by atoms with Gasteiger partial charge in [0.1, 0.15) is 0 Å². The molecule has 0 fully saturated rings. The van der Waals surface area contributed by atoms with Crippen molar-refractivity contribution < 1.29 is 9.53 Å². The lowest BCUT2D eigenvalue weighted by molar-refractivity contribution is 0.0520. The van der Waals surface area contributed by atoms with Crippen LogP contribution in [0.25, 0.3) is 0 Å². The number of ether oxygens (including phenoxy) is 1. The van der Waals surface area contributed by atoms with Gasteiger partial charge in [0, 0.05) is 11.9 Å². The second kappa shape index (κ2) is 6.00. The monoisotopic (exact) mass is 256 g/mol. The number of anilines is 1. The van der Waals surface area contributed by atoms with Gasteiger partial charge < -0.3 is 10.1 Å². The van der Waals surface area contributed by atoms with Crippen LogP contribution in [0.3, 0.4) is 0 Å². The number of esters is 1. The predicted octanol–water partition coefficient (Wildman–Crippen LogP) is 3.17. The van der Waals surface area contributed by atoms with Gasteiger partial charge in [0.15, 0.2) is 10.8 Å². The number of rotatable bonds is 6. The molecule has 1 aromatic heterocycles. The highest BCUT2D eigenvalue weighted by atomic mass is 32.1. The minimum absolute atomic E-state index is 0.232. The van der Waals surface area contributed by atoms with Crippen molar-refractivity contribution in [3.8, 4) is 0 Å². The first-order valence-corrected chi connectivity index (χ1v) is 6.73. The van der Waals surface area contributed by atoms with Crippen LogP contribution in [0.4, 0.5) is 5.13 Å². The number of nitrogens with one attached hydrogen (secondary N) is 1. The summed E-state index contributed by atoms with van der Waals surface area (Å²) in [5.41, 5.74) is 0.615. The third-order valence-electron chi connectivity index (χ3n) is 2.66. The van der Waals surface area contributed by atoms with Crippen molar-refractivity contribution in [3.63, 3.8) is 0 Å². The summed E-state index contributed by atoms with van der Waals surface area (Å²) < 4.78 is 4.89. The summed E-state index contributed by atoms with van der Waals surface area (Å²) in [6.45, 7) is 9.56. The molecule has 4 nitrogen and oxygen atoms in total. The molecule has 1 heterocycles. The smallest absolute Gasteiger partial charge is 0.357 e. The molecule has 96 valence electrons. The van der Waals surface area contributed by atoms with Crippen molar-refractivity contribution in [3.05, 3.63) is 11.1 Å². The van der Waals surface area contributed by atoms with Gasteiger partial charge in [-0.25, -0.2) is 9.78 Å². The molecule has 0 spiro atoms. The topological polar surface area (TPSA) is 51.2 Å². The Kier molecular flexibility index (Phi) is 4.93. The zero-order valence-electron chi connectivity index (χ0n) is 10.9. The van der Waals surface area contributed by atoms with Crippen LogP contribution in [0.15, 0.2) is 5.38 Å². The lowest BCUT2D eigenvalue weighted by atomic mass is 9.90. The van der Waals surface area contributed by atoms with E-state index in [1.807, 2.05) is 0 Å². The van der Waals surface area contributed by atoms with Crippen LogP contribution in [0.1, 0.15) is 44.6 Å². The van der Waals surface area contributed by atoms with E-state index in [-0.39, 0.29) is 11.4 Å². The van der Waals surface area contributed by atoms with Gasteiger partial charge in [-0.1, -0.05) is 20.8 Å². The maximum Gasteiger partial charge on any atom is 0.357 e. The molecule has 0 aromatic carbocycles. The van der Waals surface area contributed by atoms with Crippen LogP contribution in [-0.2, 0) is 4.74 Å². The Morgan fingerprint density at radius 2 is 2.24 bits per heavy atom. The highest BCUT2D eigenvalue weighted by molar-refractivity contribution is 7.13. The molecule has 1 aromatic rings. The van der Waals surface area contributed by atoms with Gasteiger partial charge >= 0.3 is 5.97 Å². The van der Waals surface area contributed by atoms with E-state index in [0.717, 1.165) is 18.1 Å². The normalized spacial score (nSPS) is 11.3. The van der Waals surface area contributed by atoms with Crippen LogP contribution in [0.5, 0.6) is 0 Å². The Labute approximate surface area is 106 Å². The third kappa shape index (κ3) is 4.34. The van der Waals surface area contributed by atoms with Gasteiger partial charge in [0.25, 0.3) is 0 Å². The first-order valence-electron chi connectivity index (χ1n) is 5.85. The van der Waals surface area contributed by atoms with E-state index in [1.165, 1.54) is 11.3 Å². The fourth-order valence-corrected chi connectivity index (χ4v) is 1.77. The van der Waals surface area contributed by atoms with Crippen LogP contribution in [-0.4, -0.2) is 24.1 Å². The van der Waals surface area contributed by atoms with E-state index in [9.17, 15) is 4.79 Å². The van der Waals surface area contributed by atoms with Gasteiger partial charge in [-0.05, 0) is 18.8 Å². The molecule has 0 aliphatic carbocycles. The van der Waals surface area contributed by atoms with Crippen LogP contribution in [0.2, 0.25) is 0 Å². The summed E-state index contributed by atoms with van der Waals surface area (Å²) in [5, 5.41) is 5.75. The molecule has 1 rings (SSSR count). The van der Waals surface area contributed by atoms with Crippen molar-refractivity contribution in [2.45, 2.75) is 34.1 Å². The second-order valence-electron chi connectivity index (χ2n) is 4.63. The van der Waals surface area contributed by atoms with E-state index >= 15 is 0 Å². The van der Waals surface area contributed by atoms with Gasteiger partial charge in [-0.15, -0.1) is 11.3 Å². The van der Waals surface area contributed by atoms with Gasteiger partial charge in [0.2, 0.25) is 0 Å². The van der Waals surface area contributed by atoms with Gasteiger partial charge in [-0.2, -0.15) is 0 Å². The fourth-order valence-electron chi connectivity index (χ4n) is 1.09. The van der Waals surface area contributed by atoms with E-state index < -0.39 is 0 Å². The minimum atomic E-state index is -0.355. The molecule has 0 radical (unpaired) electrons. The Morgan fingerprint density at radius 1 is 1.53 bits per heavy atom. The van der Waals surface area contributed by atoms with E-state index in [1.54, 1.807) is 12.3 Å². The van der Waals surface area contributed by atoms with Crippen molar-refractivity contribution >= 4 is 22.4 Å². The Balaban J connectivity index is 2.54. The number of aromatic nitrogens is 1. The summed E-state index contributed by atoms with van der Waals surface area (Å²) in [5.74, 6) is -0.355. The first kappa shape index (κ1) is 14.0. The minimum Gasteiger partial charge on any atom is -0.461 e. The average Bonchev–Trinajstić information content (AvgIpc) is 2.76. The number of carbonyl (C=O) groups is 1. The Hall–Kier alpha value is -1.10. The van der Waals surface area contributed by atoms with Crippen LogP contribution < -0.4 is 5.32 Å². The maximum absolute atomic E-state index is 11.4. The quantitative estimate of drug-likeness (QED) is 0.794. The maximum atomic E-state index is 11.4. The molecular weight excluding hydrogens is 236 g/mol. The van der Waals surface area contributed by atoms with E-state index in [2.05, 4.69) is 31.1 Å². The van der Waals surface area contributed by atoms with Crippen molar-refractivity contribution in [1.29, 1.82) is 0 Å². The number of hydrogen-bond donors (Lipinski definition) is 1. The average molecular weight is 256 g/mol. The van der Waals surface area contributed by atoms with Gasteiger partial charge in [-0.3, -0.25) is 0 Å².